The van der Waals surface area contributed by atoms with Crippen LogP contribution in [0.4, 0.5) is 0 Å². The van der Waals surface area contributed by atoms with Gasteiger partial charge in [0, 0.05) is 0 Å². The first kappa shape index (κ1) is 16.8. The molecule has 0 aliphatic rings. The molecule has 4 heavy (non-hydrogen) atoms. The molecule has 0 amide bonds. The SMILES string of the molecule is [Ca+2].[MgH2].[O-][O-]. The fourth-order valence-electron chi connectivity index (χ4n) is 0. The van der Waals surface area contributed by atoms with E-state index in [-0.39, 0.29) is 60.8 Å². The third-order valence-corrected chi connectivity index (χ3v) is 0. The van der Waals surface area contributed by atoms with Gasteiger partial charge in [0.2, 0.25) is 0 Å². The third kappa shape index (κ3) is 9.04. The van der Waals surface area contributed by atoms with Crippen LogP contribution in [0.5, 0.6) is 0 Å². The Morgan fingerprint density at radius 3 is 1.00 bits per heavy atom. The van der Waals surface area contributed by atoms with Gasteiger partial charge in [-0.1, -0.05) is 0 Å². The summed E-state index contributed by atoms with van der Waals surface area (Å²) in [6, 6.07) is 0. The van der Waals surface area contributed by atoms with Crippen molar-refractivity contribution in [3.63, 3.8) is 0 Å². The van der Waals surface area contributed by atoms with Gasteiger partial charge in [-0.25, -0.2) is 0 Å². The molecule has 0 fully saturated rings. The van der Waals surface area contributed by atoms with Gasteiger partial charge in [-0.15, -0.1) is 0 Å². The minimum Gasteiger partial charge on any atom is -1.00 e. The van der Waals surface area contributed by atoms with Crippen LogP contribution >= 0.6 is 0 Å². The monoisotopic (exact) mass is 98.0 g/mol. The zero-order valence-electron chi connectivity index (χ0n) is 1.52. The summed E-state index contributed by atoms with van der Waals surface area (Å²) in [5.41, 5.74) is 0. The zero-order chi connectivity index (χ0) is 2.00. The summed E-state index contributed by atoms with van der Waals surface area (Å²) in [5, 5.41) is 14.0. The van der Waals surface area contributed by atoms with Crippen molar-refractivity contribution in [3.05, 3.63) is 0 Å². The van der Waals surface area contributed by atoms with E-state index in [4.69, 9.17) is 10.5 Å². The first-order chi connectivity index (χ1) is 1.00. The number of hydrogen-bond acceptors (Lipinski definition) is 2. The molecule has 0 saturated heterocycles. The molecule has 0 aliphatic heterocycles. The molecule has 0 aliphatic carbocycles. The van der Waals surface area contributed by atoms with Crippen LogP contribution < -0.4 is 10.5 Å². The molecular formula is H2CaMgO2. The van der Waals surface area contributed by atoms with Crippen LogP contribution in [0.1, 0.15) is 0 Å². The maximum atomic E-state index is 7.00. The minimum atomic E-state index is 0. The molecule has 0 heterocycles. The van der Waals surface area contributed by atoms with Crippen molar-refractivity contribution in [2.75, 3.05) is 0 Å². The van der Waals surface area contributed by atoms with Crippen molar-refractivity contribution in [1.82, 2.24) is 0 Å². The molecule has 0 saturated carbocycles. The maximum Gasteiger partial charge on any atom is 2.00 e. The summed E-state index contributed by atoms with van der Waals surface area (Å²) in [4.78, 5) is 0. The van der Waals surface area contributed by atoms with Crippen LogP contribution in [0, 0.1) is 0 Å². The summed E-state index contributed by atoms with van der Waals surface area (Å²) in [5.74, 6) is 0. The molecule has 0 aromatic rings. The van der Waals surface area contributed by atoms with Crippen molar-refractivity contribution in [2.45, 2.75) is 0 Å². The topological polar surface area (TPSA) is 46.1 Å². The Hall–Kier alpha value is 1.95. The van der Waals surface area contributed by atoms with Gasteiger partial charge in [0.25, 0.3) is 0 Å². The normalized spacial score (nSPS) is 1.50. The van der Waals surface area contributed by atoms with E-state index >= 15 is 0 Å². The van der Waals surface area contributed by atoms with Gasteiger partial charge in [0.15, 0.2) is 0 Å². The molecule has 0 unspecified atom stereocenters. The zero-order valence-corrected chi connectivity index (χ0v) is 3.73. The van der Waals surface area contributed by atoms with Gasteiger partial charge in [0.05, 0.1) is 0 Å². The van der Waals surface area contributed by atoms with Crippen molar-refractivity contribution in [3.8, 4) is 0 Å². The molecule has 0 radical (unpaired) electrons. The molecular weight excluding hydrogens is 96.4 g/mol. The quantitative estimate of drug-likeness (QED) is 0.178. The van der Waals surface area contributed by atoms with E-state index in [1.165, 1.54) is 0 Å². The van der Waals surface area contributed by atoms with Crippen LogP contribution in [-0.4, -0.2) is 60.8 Å². The van der Waals surface area contributed by atoms with E-state index in [0.29, 0.717) is 0 Å². The van der Waals surface area contributed by atoms with E-state index < -0.39 is 0 Å². The van der Waals surface area contributed by atoms with Crippen LogP contribution in [0.3, 0.4) is 0 Å². The van der Waals surface area contributed by atoms with Gasteiger partial charge < -0.3 is 10.5 Å². The van der Waals surface area contributed by atoms with E-state index in [0.717, 1.165) is 0 Å². The van der Waals surface area contributed by atoms with Crippen molar-refractivity contribution >= 4 is 60.8 Å². The molecule has 0 rings (SSSR count). The Balaban J connectivity index is -0.00000000500. The maximum absolute atomic E-state index is 7.00. The molecule has 0 aromatic carbocycles. The van der Waals surface area contributed by atoms with Crippen LogP contribution in [0.25, 0.3) is 0 Å². The summed E-state index contributed by atoms with van der Waals surface area (Å²) < 4.78 is 0. The minimum absolute atomic E-state index is 0. The van der Waals surface area contributed by atoms with E-state index in [2.05, 4.69) is 0 Å². The molecule has 18 valence electrons. The van der Waals surface area contributed by atoms with Gasteiger partial charge in [0.1, 0.15) is 0 Å². The predicted molar refractivity (Wildman–Crippen MR) is 14.3 cm³/mol. The second kappa shape index (κ2) is 20.3. The predicted octanol–water partition coefficient (Wildman–Crippen LogP) is -3.68. The van der Waals surface area contributed by atoms with Gasteiger partial charge >= 0.3 is 60.8 Å². The van der Waals surface area contributed by atoms with Crippen molar-refractivity contribution in [1.29, 1.82) is 0 Å². The third-order valence-electron chi connectivity index (χ3n) is 0. The molecule has 0 N–H and O–H groups in total. The van der Waals surface area contributed by atoms with E-state index in [1.807, 2.05) is 0 Å². The van der Waals surface area contributed by atoms with Crippen LogP contribution in [-0.2, 0) is 0 Å². The molecule has 4 heteroatoms. The number of rotatable bonds is 0. The van der Waals surface area contributed by atoms with Gasteiger partial charge in [-0.3, -0.25) is 0 Å². The first-order valence-electron chi connectivity index (χ1n) is 0.167. The molecule has 0 aromatic heterocycles. The fraction of sp³-hybridized carbons (Fsp3) is 0. The van der Waals surface area contributed by atoms with Gasteiger partial charge in [-0.05, 0) is 0 Å². The van der Waals surface area contributed by atoms with Gasteiger partial charge in [-0.2, -0.15) is 0 Å². The Labute approximate surface area is 70.3 Å². The number of hydrogen-bond donors (Lipinski definition) is 0. The second-order valence-corrected chi connectivity index (χ2v) is 0. The summed E-state index contributed by atoms with van der Waals surface area (Å²) in [7, 11) is 0. The van der Waals surface area contributed by atoms with E-state index in [9.17, 15) is 0 Å². The molecule has 0 atom stereocenters. The molecule has 2 nitrogen and oxygen atoms in total. The Morgan fingerprint density at radius 1 is 1.00 bits per heavy atom. The second-order valence-electron chi connectivity index (χ2n) is 0. The Morgan fingerprint density at radius 2 is 1.00 bits per heavy atom. The largest absolute Gasteiger partial charge is 2.00 e. The van der Waals surface area contributed by atoms with E-state index in [1.54, 1.807) is 0 Å². The summed E-state index contributed by atoms with van der Waals surface area (Å²) >= 11 is 0. The smallest absolute Gasteiger partial charge is 1.00 e. The average Bonchev–Trinajstić information content (AvgIpc) is 1.00. The van der Waals surface area contributed by atoms with Crippen molar-refractivity contribution in [2.24, 2.45) is 0 Å². The van der Waals surface area contributed by atoms with Crippen LogP contribution in [0.2, 0.25) is 0 Å². The Bertz CT molecular complexity index is 6.00. The first-order valence-corrected chi connectivity index (χ1v) is 0.167. The van der Waals surface area contributed by atoms with Crippen molar-refractivity contribution < 1.29 is 10.5 Å². The van der Waals surface area contributed by atoms with Crippen LogP contribution in [0.15, 0.2) is 0 Å². The summed E-state index contributed by atoms with van der Waals surface area (Å²) in [6.07, 6.45) is 0. The molecule has 0 spiro atoms. The average molecular weight is 98.4 g/mol. The fourth-order valence-corrected chi connectivity index (χ4v) is 0. The Kier molecular flexibility index (Phi) is 85.2. The molecule has 0 bridgehead atoms. The standard InChI is InChI=1S/Ca.Mg.O2.2H/c;;1-2;;/q+2;;-2;;. The summed E-state index contributed by atoms with van der Waals surface area (Å²) in [6.45, 7) is 0.